The Morgan fingerprint density at radius 3 is 2.67 bits per heavy atom. The van der Waals surface area contributed by atoms with Gasteiger partial charge in [-0.3, -0.25) is 0 Å². The molecule has 2 aliphatic rings. The summed E-state index contributed by atoms with van der Waals surface area (Å²) in [6.45, 7) is 0. The van der Waals surface area contributed by atoms with Gasteiger partial charge in [0.15, 0.2) is 0 Å². The van der Waals surface area contributed by atoms with Crippen LogP contribution in [0.2, 0.25) is 0 Å². The molecular formula is C14H17N5O4S. The Hall–Kier alpha value is -2.72. The average Bonchev–Trinajstić information content (AvgIpc) is 2.96. The molecule has 0 spiro atoms. The van der Waals surface area contributed by atoms with Crippen molar-refractivity contribution in [1.29, 1.82) is 0 Å². The number of carbonyl (C=O) groups is 1. The van der Waals surface area contributed by atoms with E-state index in [1.165, 1.54) is 44.5 Å². The molecule has 0 saturated heterocycles. The summed E-state index contributed by atoms with van der Waals surface area (Å²) in [6, 6.07) is 4.29. The first kappa shape index (κ1) is 16.1. The molecule has 1 aromatic carbocycles. The number of hydrazine groups is 1. The molecule has 2 aliphatic heterocycles. The molecule has 0 aliphatic carbocycles. The molecule has 1 aromatic rings. The SMILES string of the molecule is COc1cc(S(=O)(=O)N(C)C)ccc1C1=CN2NC(=O)NC=C2N1. The molecule has 24 heavy (non-hydrogen) atoms. The molecule has 0 atom stereocenters. The number of hydrogen-bond donors (Lipinski definition) is 3. The molecule has 0 bridgehead atoms. The van der Waals surface area contributed by atoms with E-state index in [1.54, 1.807) is 12.3 Å². The largest absolute Gasteiger partial charge is 0.496 e. The Morgan fingerprint density at radius 2 is 2.00 bits per heavy atom. The molecule has 2 heterocycles. The van der Waals surface area contributed by atoms with Gasteiger partial charge in [-0.25, -0.2) is 28.0 Å². The quantitative estimate of drug-likeness (QED) is 0.715. The minimum atomic E-state index is -3.55. The molecule has 128 valence electrons. The van der Waals surface area contributed by atoms with Crippen LogP contribution in [0.4, 0.5) is 4.79 Å². The van der Waals surface area contributed by atoms with Crippen molar-refractivity contribution in [2.24, 2.45) is 0 Å². The van der Waals surface area contributed by atoms with Crippen molar-refractivity contribution in [3.63, 3.8) is 0 Å². The minimum absolute atomic E-state index is 0.138. The van der Waals surface area contributed by atoms with E-state index in [-0.39, 0.29) is 10.9 Å². The highest BCUT2D eigenvalue weighted by Gasteiger charge is 2.26. The van der Waals surface area contributed by atoms with Gasteiger partial charge in [0.05, 0.1) is 23.9 Å². The minimum Gasteiger partial charge on any atom is -0.496 e. The van der Waals surface area contributed by atoms with Gasteiger partial charge in [-0.15, -0.1) is 0 Å². The first-order valence-electron chi connectivity index (χ1n) is 6.99. The number of sulfonamides is 1. The highest BCUT2D eigenvalue weighted by molar-refractivity contribution is 7.89. The molecule has 2 amide bonds. The van der Waals surface area contributed by atoms with Crippen molar-refractivity contribution < 1.29 is 17.9 Å². The number of amides is 2. The number of ether oxygens (including phenoxy) is 1. The van der Waals surface area contributed by atoms with Gasteiger partial charge in [0.1, 0.15) is 11.6 Å². The number of fused-ring (bicyclic) bond motifs is 1. The number of hydrogen-bond acceptors (Lipinski definition) is 6. The van der Waals surface area contributed by atoms with Crippen molar-refractivity contribution in [3.05, 3.63) is 42.0 Å². The summed E-state index contributed by atoms with van der Waals surface area (Å²) in [7, 11) is 0.854. The molecular weight excluding hydrogens is 334 g/mol. The fourth-order valence-electron chi connectivity index (χ4n) is 2.31. The molecule has 0 radical (unpaired) electrons. The van der Waals surface area contributed by atoms with E-state index in [0.717, 1.165) is 4.31 Å². The second kappa shape index (κ2) is 5.73. The fourth-order valence-corrected chi connectivity index (χ4v) is 3.22. The lowest BCUT2D eigenvalue weighted by molar-refractivity contribution is 0.218. The van der Waals surface area contributed by atoms with Crippen LogP contribution in [-0.2, 0) is 10.0 Å². The first-order chi connectivity index (χ1) is 11.3. The van der Waals surface area contributed by atoms with E-state index in [2.05, 4.69) is 16.1 Å². The standard InChI is InChI=1S/C14H17N5O4S/c1-18(2)24(21,22)9-4-5-10(12(6-9)23-3)11-8-19-13(16-11)7-15-14(20)17-19/h4-8,16H,1-3H3,(H2,15,17,20). The van der Waals surface area contributed by atoms with Crippen molar-refractivity contribution in [3.8, 4) is 5.75 Å². The fraction of sp³-hybridized carbons (Fsp3) is 0.214. The van der Waals surface area contributed by atoms with Gasteiger partial charge < -0.3 is 15.4 Å². The number of methoxy groups -OCH3 is 1. The zero-order chi connectivity index (χ0) is 17.5. The van der Waals surface area contributed by atoms with Gasteiger partial charge in [0, 0.05) is 31.9 Å². The Morgan fingerprint density at radius 1 is 1.25 bits per heavy atom. The van der Waals surface area contributed by atoms with Crippen LogP contribution in [0.5, 0.6) is 5.75 Å². The van der Waals surface area contributed by atoms with Crippen LogP contribution in [-0.4, -0.2) is 45.0 Å². The topological polar surface area (TPSA) is 103 Å². The second-order valence-electron chi connectivity index (χ2n) is 5.30. The van der Waals surface area contributed by atoms with Crippen LogP contribution in [0, 0.1) is 0 Å². The summed E-state index contributed by atoms with van der Waals surface area (Å²) in [5.41, 5.74) is 3.93. The first-order valence-corrected chi connectivity index (χ1v) is 8.43. The van der Waals surface area contributed by atoms with Crippen molar-refractivity contribution in [1.82, 2.24) is 25.4 Å². The van der Waals surface area contributed by atoms with E-state index in [4.69, 9.17) is 4.74 Å². The number of carbonyl (C=O) groups excluding carboxylic acids is 1. The van der Waals surface area contributed by atoms with Crippen molar-refractivity contribution in [2.75, 3.05) is 21.2 Å². The molecule has 10 heteroatoms. The second-order valence-corrected chi connectivity index (χ2v) is 7.45. The maximum atomic E-state index is 12.2. The molecule has 0 unspecified atom stereocenters. The summed E-state index contributed by atoms with van der Waals surface area (Å²) in [4.78, 5) is 11.5. The predicted molar refractivity (Wildman–Crippen MR) is 86.6 cm³/mol. The zero-order valence-corrected chi connectivity index (χ0v) is 14.1. The summed E-state index contributed by atoms with van der Waals surface area (Å²) < 4.78 is 31.0. The van der Waals surface area contributed by atoms with E-state index >= 15 is 0 Å². The predicted octanol–water partition coefficient (Wildman–Crippen LogP) is 0.176. The van der Waals surface area contributed by atoms with Gasteiger partial charge in [-0.1, -0.05) is 0 Å². The van der Waals surface area contributed by atoms with Gasteiger partial charge in [0.25, 0.3) is 0 Å². The van der Waals surface area contributed by atoms with Crippen LogP contribution < -0.4 is 20.8 Å². The van der Waals surface area contributed by atoms with Gasteiger partial charge in [-0.05, 0) is 12.1 Å². The summed E-state index contributed by atoms with van der Waals surface area (Å²) in [5.74, 6) is 1.04. The van der Waals surface area contributed by atoms with E-state index in [9.17, 15) is 13.2 Å². The molecule has 0 fully saturated rings. The summed E-state index contributed by atoms with van der Waals surface area (Å²) in [6.07, 6.45) is 3.21. The average molecular weight is 351 g/mol. The number of rotatable bonds is 4. The van der Waals surface area contributed by atoms with Crippen LogP contribution in [0.15, 0.2) is 41.3 Å². The number of benzene rings is 1. The lowest BCUT2D eigenvalue weighted by atomic mass is 10.1. The molecule has 3 N–H and O–H groups in total. The molecule has 0 saturated carbocycles. The molecule has 0 aromatic heterocycles. The number of nitrogens with zero attached hydrogens (tertiary/aromatic N) is 2. The monoisotopic (exact) mass is 351 g/mol. The lowest BCUT2D eigenvalue weighted by Gasteiger charge is -2.22. The van der Waals surface area contributed by atoms with Gasteiger partial charge >= 0.3 is 6.03 Å². The van der Waals surface area contributed by atoms with Crippen molar-refractivity contribution >= 4 is 21.8 Å². The number of urea groups is 1. The highest BCUT2D eigenvalue weighted by atomic mass is 32.2. The maximum absolute atomic E-state index is 12.2. The van der Waals surface area contributed by atoms with E-state index in [0.29, 0.717) is 22.8 Å². The van der Waals surface area contributed by atoms with Crippen molar-refractivity contribution in [2.45, 2.75) is 4.90 Å². The molecule has 9 nitrogen and oxygen atoms in total. The third-order valence-corrected chi connectivity index (χ3v) is 5.40. The summed E-state index contributed by atoms with van der Waals surface area (Å²) >= 11 is 0. The lowest BCUT2D eigenvalue weighted by Crippen LogP contribution is -2.47. The van der Waals surface area contributed by atoms with Gasteiger partial charge in [-0.2, -0.15) is 0 Å². The zero-order valence-electron chi connectivity index (χ0n) is 13.3. The van der Waals surface area contributed by atoms with Crippen LogP contribution in [0.25, 0.3) is 5.70 Å². The van der Waals surface area contributed by atoms with Crippen LogP contribution in [0.1, 0.15) is 5.56 Å². The Bertz CT molecular complexity index is 860. The smallest absolute Gasteiger partial charge is 0.338 e. The highest BCUT2D eigenvalue weighted by Crippen LogP contribution is 2.31. The van der Waals surface area contributed by atoms with Crippen LogP contribution in [0.3, 0.4) is 0 Å². The Labute approximate surface area is 139 Å². The van der Waals surface area contributed by atoms with E-state index < -0.39 is 10.0 Å². The third-order valence-electron chi connectivity index (χ3n) is 3.58. The summed E-state index contributed by atoms with van der Waals surface area (Å²) in [5, 5.41) is 7.17. The van der Waals surface area contributed by atoms with Gasteiger partial charge in [0.2, 0.25) is 10.0 Å². The Balaban J connectivity index is 1.99. The maximum Gasteiger partial charge on any atom is 0.338 e. The Kier molecular flexibility index (Phi) is 3.85. The normalized spacial score (nSPS) is 16.7. The third kappa shape index (κ3) is 2.65. The number of nitrogens with one attached hydrogen (secondary N) is 3. The van der Waals surface area contributed by atoms with Crippen LogP contribution >= 0.6 is 0 Å². The molecule has 3 rings (SSSR count). The van der Waals surface area contributed by atoms with E-state index in [1.807, 2.05) is 0 Å².